The lowest BCUT2D eigenvalue weighted by Gasteiger charge is -2.03. The van der Waals surface area contributed by atoms with Gasteiger partial charge in [-0.1, -0.05) is 30.3 Å². The van der Waals surface area contributed by atoms with Crippen molar-refractivity contribution in [1.82, 2.24) is 20.1 Å². The predicted molar refractivity (Wildman–Crippen MR) is 84.3 cm³/mol. The van der Waals surface area contributed by atoms with Crippen LogP contribution in [0.4, 0.5) is 0 Å². The quantitative estimate of drug-likeness (QED) is 0.803. The summed E-state index contributed by atoms with van der Waals surface area (Å²) in [5, 5.41) is 6.79. The van der Waals surface area contributed by atoms with Crippen LogP contribution in [0.3, 0.4) is 0 Å². The third-order valence-corrected chi connectivity index (χ3v) is 3.10. The van der Waals surface area contributed by atoms with Gasteiger partial charge in [-0.3, -0.25) is 4.79 Å². The molecule has 3 aromatic rings. The van der Waals surface area contributed by atoms with Crippen molar-refractivity contribution in [2.75, 3.05) is 0 Å². The van der Waals surface area contributed by atoms with Gasteiger partial charge in [-0.2, -0.15) is 5.10 Å². The molecule has 0 saturated heterocycles. The first-order chi connectivity index (χ1) is 10.8. The smallest absolute Gasteiger partial charge is 0.255 e. The van der Waals surface area contributed by atoms with Crippen LogP contribution in [0.1, 0.15) is 15.9 Å². The van der Waals surface area contributed by atoms with Crippen molar-refractivity contribution in [3.05, 3.63) is 84.6 Å². The Hall–Kier alpha value is -3.21. The molecule has 0 aliphatic carbocycles. The first-order valence-corrected chi connectivity index (χ1v) is 6.80. The summed E-state index contributed by atoms with van der Waals surface area (Å²) < 4.78 is 1.64. The van der Waals surface area contributed by atoms with E-state index in [1.54, 1.807) is 29.3 Å². The lowest BCUT2D eigenvalue weighted by Crippen LogP contribution is -2.16. The van der Waals surface area contributed by atoms with Gasteiger partial charge in [-0.15, -0.1) is 0 Å². The fourth-order valence-corrected chi connectivity index (χ4v) is 1.97. The number of hydrogen-bond donors (Lipinski definition) is 1. The average Bonchev–Trinajstić information content (AvgIpc) is 3.10. The molecule has 108 valence electrons. The summed E-state index contributed by atoms with van der Waals surface area (Å²) >= 11 is 0. The SMILES string of the molecule is O=C(NC=Cc1ccccc1)c1ccc(-n2cncn2)cc1. The Balaban J connectivity index is 1.64. The van der Waals surface area contributed by atoms with Crippen molar-refractivity contribution in [1.29, 1.82) is 0 Å². The van der Waals surface area contributed by atoms with E-state index >= 15 is 0 Å². The predicted octanol–water partition coefficient (Wildman–Crippen LogP) is 2.67. The minimum absolute atomic E-state index is 0.155. The van der Waals surface area contributed by atoms with Crippen LogP contribution in [0.5, 0.6) is 0 Å². The largest absolute Gasteiger partial charge is 0.329 e. The summed E-state index contributed by atoms with van der Waals surface area (Å²) in [5.41, 5.74) is 2.47. The second kappa shape index (κ2) is 6.49. The Kier molecular flexibility index (Phi) is 4.06. The summed E-state index contributed by atoms with van der Waals surface area (Å²) in [4.78, 5) is 15.9. The number of carbonyl (C=O) groups excluding carboxylic acids is 1. The normalized spacial score (nSPS) is 10.7. The molecule has 2 aromatic carbocycles. The van der Waals surface area contributed by atoms with Gasteiger partial charge >= 0.3 is 0 Å². The van der Waals surface area contributed by atoms with E-state index in [1.165, 1.54) is 6.33 Å². The van der Waals surface area contributed by atoms with Gasteiger partial charge in [0.05, 0.1) is 5.69 Å². The number of nitrogens with one attached hydrogen (secondary N) is 1. The lowest BCUT2D eigenvalue weighted by molar-refractivity contribution is 0.0970. The molecule has 1 aromatic heterocycles. The maximum Gasteiger partial charge on any atom is 0.255 e. The van der Waals surface area contributed by atoms with Crippen LogP contribution in [0.25, 0.3) is 11.8 Å². The summed E-state index contributed by atoms with van der Waals surface area (Å²) in [5.74, 6) is -0.155. The molecule has 0 bridgehead atoms. The first kappa shape index (κ1) is 13.8. The lowest BCUT2D eigenvalue weighted by atomic mass is 10.2. The maximum absolute atomic E-state index is 12.0. The highest BCUT2D eigenvalue weighted by atomic mass is 16.1. The van der Waals surface area contributed by atoms with Crippen molar-refractivity contribution in [3.8, 4) is 5.69 Å². The Morgan fingerprint density at radius 3 is 2.50 bits per heavy atom. The molecule has 1 N–H and O–H groups in total. The van der Waals surface area contributed by atoms with Crippen LogP contribution in [-0.2, 0) is 0 Å². The van der Waals surface area contributed by atoms with E-state index in [0.717, 1.165) is 11.3 Å². The Labute approximate surface area is 127 Å². The maximum atomic E-state index is 12.0. The molecule has 0 atom stereocenters. The molecule has 0 spiro atoms. The number of amides is 1. The zero-order valence-electron chi connectivity index (χ0n) is 11.8. The summed E-state index contributed by atoms with van der Waals surface area (Å²) in [6.07, 6.45) is 6.57. The van der Waals surface area contributed by atoms with Crippen LogP contribution in [0.2, 0.25) is 0 Å². The van der Waals surface area contributed by atoms with E-state index in [-0.39, 0.29) is 5.91 Å². The number of nitrogens with zero attached hydrogens (tertiary/aromatic N) is 3. The first-order valence-electron chi connectivity index (χ1n) is 6.80. The van der Waals surface area contributed by atoms with Gasteiger partial charge in [-0.05, 0) is 35.9 Å². The van der Waals surface area contributed by atoms with Gasteiger partial charge in [0.25, 0.3) is 5.91 Å². The Bertz CT molecular complexity index is 762. The van der Waals surface area contributed by atoms with Crippen molar-refractivity contribution < 1.29 is 4.79 Å². The molecule has 3 rings (SSSR count). The zero-order valence-corrected chi connectivity index (χ0v) is 11.8. The second-order valence-corrected chi connectivity index (χ2v) is 4.60. The van der Waals surface area contributed by atoms with Crippen molar-refractivity contribution in [2.45, 2.75) is 0 Å². The summed E-state index contributed by atoms with van der Waals surface area (Å²) in [6, 6.07) is 16.9. The molecule has 0 aliphatic rings. The van der Waals surface area contributed by atoms with Gasteiger partial charge < -0.3 is 5.32 Å². The van der Waals surface area contributed by atoms with E-state index in [2.05, 4.69) is 15.4 Å². The minimum Gasteiger partial charge on any atom is -0.329 e. The standard InChI is InChI=1S/C17H14N4O/c22-17(19-11-10-14-4-2-1-3-5-14)15-6-8-16(9-7-15)21-13-18-12-20-21/h1-13H,(H,19,22). The van der Waals surface area contributed by atoms with E-state index < -0.39 is 0 Å². The molecule has 5 heteroatoms. The molecule has 0 unspecified atom stereocenters. The number of benzene rings is 2. The minimum atomic E-state index is -0.155. The van der Waals surface area contributed by atoms with Crippen molar-refractivity contribution >= 4 is 12.0 Å². The number of hydrogen-bond acceptors (Lipinski definition) is 3. The summed E-state index contributed by atoms with van der Waals surface area (Å²) in [7, 11) is 0. The zero-order chi connectivity index (χ0) is 15.2. The van der Waals surface area contributed by atoms with Crippen molar-refractivity contribution in [2.24, 2.45) is 0 Å². The van der Waals surface area contributed by atoms with Gasteiger partial charge in [0, 0.05) is 11.8 Å². The highest BCUT2D eigenvalue weighted by Gasteiger charge is 2.04. The molecule has 0 aliphatic heterocycles. The summed E-state index contributed by atoms with van der Waals surface area (Å²) in [6.45, 7) is 0. The molecular weight excluding hydrogens is 276 g/mol. The molecular formula is C17H14N4O. The fraction of sp³-hybridized carbons (Fsp3) is 0. The van der Waals surface area contributed by atoms with Crippen LogP contribution in [0, 0.1) is 0 Å². The van der Waals surface area contributed by atoms with Gasteiger partial charge in [-0.25, -0.2) is 9.67 Å². The molecule has 0 saturated carbocycles. The van der Waals surface area contributed by atoms with Crippen molar-refractivity contribution in [3.63, 3.8) is 0 Å². The second-order valence-electron chi connectivity index (χ2n) is 4.60. The Morgan fingerprint density at radius 1 is 1.05 bits per heavy atom. The highest BCUT2D eigenvalue weighted by molar-refractivity contribution is 5.95. The molecule has 1 heterocycles. The highest BCUT2D eigenvalue weighted by Crippen LogP contribution is 2.08. The van der Waals surface area contributed by atoms with Crippen LogP contribution < -0.4 is 5.32 Å². The monoisotopic (exact) mass is 290 g/mol. The van der Waals surface area contributed by atoms with E-state index in [1.807, 2.05) is 48.5 Å². The third kappa shape index (κ3) is 3.27. The van der Waals surface area contributed by atoms with E-state index in [0.29, 0.717) is 5.56 Å². The number of rotatable bonds is 4. The Morgan fingerprint density at radius 2 is 1.82 bits per heavy atom. The van der Waals surface area contributed by atoms with Crippen LogP contribution in [-0.4, -0.2) is 20.7 Å². The van der Waals surface area contributed by atoms with Gasteiger partial charge in [0.15, 0.2) is 0 Å². The molecule has 22 heavy (non-hydrogen) atoms. The number of carbonyl (C=O) groups is 1. The molecule has 1 amide bonds. The van der Waals surface area contributed by atoms with E-state index in [4.69, 9.17) is 0 Å². The molecule has 0 radical (unpaired) electrons. The average molecular weight is 290 g/mol. The van der Waals surface area contributed by atoms with E-state index in [9.17, 15) is 4.79 Å². The number of aromatic nitrogens is 3. The molecule has 5 nitrogen and oxygen atoms in total. The van der Waals surface area contributed by atoms with Gasteiger partial charge in [0.2, 0.25) is 0 Å². The van der Waals surface area contributed by atoms with Crippen LogP contribution >= 0.6 is 0 Å². The topological polar surface area (TPSA) is 59.8 Å². The van der Waals surface area contributed by atoms with Gasteiger partial charge in [0.1, 0.15) is 12.7 Å². The van der Waals surface area contributed by atoms with Crippen LogP contribution in [0.15, 0.2) is 73.5 Å². The molecule has 0 fully saturated rings. The third-order valence-electron chi connectivity index (χ3n) is 3.10. The fourth-order valence-electron chi connectivity index (χ4n) is 1.97.